The number of ether oxygens (including phenoxy) is 1. The quantitative estimate of drug-likeness (QED) is 0.342. The molecule has 1 aliphatic rings. The van der Waals surface area contributed by atoms with Gasteiger partial charge in [0.15, 0.2) is 9.84 Å². The Balaban J connectivity index is 1.70. The van der Waals surface area contributed by atoms with E-state index in [1.165, 1.54) is 13.0 Å². The molecule has 0 radical (unpaired) electrons. The largest absolute Gasteiger partial charge is 0.355 e. The fourth-order valence-electron chi connectivity index (χ4n) is 5.14. The molecule has 11 heteroatoms. The highest BCUT2D eigenvalue weighted by Crippen LogP contribution is 2.41. The van der Waals surface area contributed by atoms with Crippen molar-refractivity contribution in [1.29, 1.82) is 0 Å². The molecule has 3 amide bonds. The summed E-state index contributed by atoms with van der Waals surface area (Å²) in [7, 11) is -3.50. The predicted molar refractivity (Wildman–Crippen MR) is 170 cm³/mol. The lowest BCUT2D eigenvalue weighted by Gasteiger charge is -2.31. The summed E-state index contributed by atoms with van der Waals surface area (Å²) < 4.78 is 31.0. The van der Waals surface area contributed by atoms with Gasteiger partial charge in [0.25, 0.3) is 5.91 Å². The van der Waals surface area contributed by atoms with Gasteiger partial charge < -0.3 is 20.3 Å². The summed E-state index contributed by atoms with van der Waals surface area (Å²) in [5, 5.41) is 6.03. The van der Waals surface area contributed by atoms with E-state index in [4.69, 9.17) is 16.3 Å². The molecule has 0 aromatic heterocycles. The number of carbonyl (C=O) groups is 3. The molecule has 2 unspecified atom stereocenters. The van der Waals surface area contributed by atoms with Crippen molar-refractivity contribution >= 4 is 44.8 Å². The lowest BCUT2D eigenvalue weighted by molar-refractivity contribution is -0.138. The summed E-state index contributed by atoms with van der Waals surface area (Å²) in [5.41, 5.74) is 3.04. The molecule has 0 aliphatic carbocycles. The van der Waals surface area contributed by atoms with Gasteiger partial charge in [0, 0.05) is 49.1 Å². The van der Waals surface area contributed by atoms with Gasteiger partial charge in [-0.25, -0.2) is 8.42 Å². The average Bonchev–Trinajstić information content (AvgIpc) is 3.04. The van der Waals surface area contributed by atoms with E-state index in [1.807, 2.05) is 45.0 Å². The molecule has 2 atom stereocenters. The molecule has 44 heavy (non-hydrogen) atoms. The van der Waals surface area contributed by atoms with Crippen molar-refractivity contribution in [3.63, 3.8) is 0 Å². The molecule has 4 rings (SSSR count). The molecular formula is C33H38ClN3O6S. The van der Waals surface area contributed by atoms with Crippen molar-refractivity contribution in [3.8, 4) is 0 Å². The minimum Gasteiger partial charge on any atom is -0.355 e. The maximum absolute atomic E-state index is 14.1. The Kier molecular flexibility index (Phi) is 10.2. The van der Waals surface area contributed by atoms with Gasteiger partial charge in [-0.2, -0.15) is 0 Å². The van der Waals surface area contributed by atoms with Crippen molar-refractivity contribution in [3.05, 3.63) is 94.0 Å². The van der Waals surface area contributed by atoms with Crippen molar-refractivity contribution in [1.82, 2.24) is 10.6 Å². The Bertz CT molecular complexity index is 1670. The van der Waals surface area contributed by atoms with Crippen LogP contribution < -0.4 is 15.5 Å². The minimum atomic E-state index is -3.50. The van der Waals surface area contributed by atoms with Gasteiger partial charge in [-0.3, -0.25) is 14.4 Å². The zero-order valence-corrected chi connectivity index (χ0v) is 27.1. The van der Waals surface area contributed by atoms with Gasteiger partial charge in [-0.05, 0) is 46.4 Å². The third-order valence-corrected chi connectivity index (χ3v) is 8.48. The minimum absolute atomic E-state index is 0.0286. The van der Waals surface area contributed by atoms with E-state index in [0.29, 0.717) is 34.9 Å². The molecule has 3 aromatic rings. The lowest BCUT2D eigenvalue weighted by atomic mass is 9.94. The first kappa shape index (κ1) is 33.2. The van der Waals surface area contributed by atoms with Crippen LogP contribution in [0.3, 0.4) is 0 Å². The van der Waals surface area contributed by atoms with Gasteiger partial charge in [0.05, 0.1) is 11.3 Å². The van der Waals surface area contributed by atoms with E-state index in [9.17, 15) is 22.8 Å². The number of rotatable bonds is 9. The molecule has 0 bridgehead atoms. The smallest absolute Gasteiger partial charge is 0.256 e. The highest BCUT2D eigenvalue weighted by Gasteiger charge is 2.39. The molecule has 3 aromatic carbocycles. The zero-order valence-electron chi connectivity index (χ0n) is 25.5. The molecule has 1 aliphatic heterocycles. The van der Waals surface area contributed by atoms with Crippen LogP contribution in [0.15, 0.2) is 71.6 Å². The van der Waals surface area contributed by atoms with Crippen molar-refractivity contribution < 1.29 is 27.5 Å². The number of sulfone groups is 1. The second-order valence-electron chi connectivity index (χ2n) is 12.2. The Labute approximate surface area is 263 Å². The van der Waals surface area contributed by atoms with Crippen LogP contribution in [-0.2, 0) is 42.0 Å². The second-order valence-corrected chi connectivity index (χ2v) is 14.6. The van der Waals surface area contributed by atoms with Crippen LogP contribution >= 0.6 is 11.6 Å². The van der Waals surface area contributed by atoms with E-state index in [1.54, 1.807) is 41.3 Å². The molecule has 234 valence electrons. The van der Waals surface area contributed by atoms with E-state index in [2.05, 4.69) is 10.6 Å². The number of nitrogens with one attached hydrogen (secondary N) is 2. The van der Waals surface area contributed by atoms with Gasteiger partial charge in [-0.1, -0.05) is 74.8 Å². The standard InChI is InChI=1S/C33H38ClN3O6S/c1-21(38)35-18-22-9-8-11-23(15-22)31-26-16-25(34)13-14-27(26)37(20-33(2,3)4)32(40)28(43-31)17-30(39)36-19-24-10-6-7-12-29(24)44(5,41)42/h6-16,28,31H,17-20H2,1-5H3,(H,35,38)(H,36,39). The Morgan fingerprint density at radius 1 is 0.977 bits per heavy atom. The summed E-state index contributed by atoms with van der Waals surface area (Å²) in [6.45, 7) is 8.15. The van der Waals surface area contributed by atoms with E-state index >= 15 is 0 Å². The van der Waals surface area contributed by atoms with Gasteiger partial charge >= 0.3 is 0 Å². The van der Waals surface area contributed by atoms with E-state index in [0.717, 1.165) is 17.4 Å². The number of amides is 3. The summed E-state index contributed by atoms with van der Waals surface area (Å²) in [4.78, 5) is 40.8. The number of benzene rings is 3. The highest BCUT2D eigenvalue weighted by molar-refractivity contribution is 7.90. The van der Waals surface area contributed by atoms with E-state index in [-0.39, 0.29) is 35.1 Å². The average molecular weight is 640 g/mol. The first-order valence-corrected chi connectivity index (χ1v) is 16.5. The van der Waals surface area contributed by atoms with Crippen molar-refractivity contribution in [2.45, 2.75) is 64.3 Å². The van der Waals surface area contributed by atoms with Crippen LogP contribution in [0.2, 0.25) is 5.02 Å². The normalized spacial score (nSPS) is 17.0. The van der Waals surface area contributed by atoms with Crippen molar-refractivity contribution in [2.75, 3.05) is 17.7 Å². The number of hydrogen-bond donors (Lipinski definition) is 2. The molecule has 0 saturated heterocycles. The first-order chi connectivity index (χ1) is 20.6. The summed E-state index contributed by atoms with van der Waals surface area (Å²) >= 11 is 6.47. The van der Waals surface area contributed by atoms with Crippen LogP contribution in [0, 0.1) is 5.41 Å². The van der Waals surface area contributed by atoms with Crippen LogP contribution in [0.1, 0.15) is 62.5 Å². The molecule has 0 saturated carbocycles. The number of hydrogen-bond acceptors (Lipinski definition) is 6. The molecule has 0 spiro atoms. The van der Waals surface area contributed by atoms with Crippen LogP contribution in [-0.4, -0.2) is 45.0 Å². The summed E-state index contributed by atoms with van der Waals surface area (Å²) in [6.07, 6.45) is -1.08. The van der Waals surface area contributed by atoms with Crippen molar-refractivity contribution in [2.24, 2.45) is 5.41 Å². The molecule has 2 N–H and O–H groups in total. The number of fused-ring (bicyclic) bond motifs is 1. The number of nitrogens with zero attached hydrogens (tertiary/aromatic N) is 1. The number of carbonyl (C=O) groups excluding carboxylic acids is 3. The maximum Gasteiger partial charge on any atom is 0.256 e. The van der Waals surface area contributed by atoms with Gasteiger partial charge in [0.2, 0.25) is 11.8 Å². The SMILES string of the molecule is CC(=O)NCc1cccc(C2OC(CC(=O)NCc3ccccc3S(C)(=O)=O)C(=O)N(CC(C)(C)C)c3ccc(Cl)cc32)c1. The Hall–Kier alpha value is -3.73. The summed E-state index contributed by atoms with van der Waals surface area (Å²) in [5.74, 6) is -0.997. The zero-order chi connectivity index (χ0) is 32.2. The van der Waals surface area contributed by atoms with E-state index < -0.39 is 28.0 Å². The monoisotopic (exact) mass is 639 g/mol. The Morgan fingerprint density at radius 3 is 2.39 bits per heavy atom. The molecular weight excluding hydrogens is 602 g/mol. The first-order valence-electron chi connectivity index (χ1n) is 14.3. The van der Waals surface area contributed by atoms with Crippen LogP contribution in [0.4, 0.5) is 5.69 Å². The summed E-state index contributed by atoms with van der Waals surface area (Å²) in [6, 6.07) is 19.2. The van der Waals surface area contributed by atoms with Gasteiger partial charge in [-0.15, -0.1) is 0 Å². The number of anilines is 1. The molecule has 0 fully saturated rings. The highest BCUT2D eigenvalue weighted by atomic mass is 35.5. The van der Waals surface area contributed by atoms with Crippen LogP contribution in [0.5, 0.6) is 0 Å². The van der Waals surface area contributed by atoms with Gasteiger partial charge in [0.1, 0.15) is 12.2 Å². The third kappa shape index (κ3) is 8.46. The fraction of sp³-hybridized carbons (Fsp3) is 0.364. The third-order valence-electron chi connectivity index (χ3n) is 7.05. The topological polar surface area (TPSA) is 122 Å². The number of halogens is 1. The maximum atomic E-state index is 14.1. The second kappa shape index (κ2) is 13.5. The Morgan fingerprint density at radius 2 is 1.70 bits per heavy atom. The lowest BCUT2D eigenvalue weighted by Crippen LogP contribution is -2.45. The molecule has 9 nitrogen and oxygen atoms in total. The van der Waals surface area contributed by atoms with Crippen LogP contribution in [0.25, 0.3) is 0 Å². The predicted octanol–water partition coefficient (Wildman–Crippen LogP) is 4.95. The fourth-order valence-corrected chi connectivity index (χ4v) is 6.26. The molecule has 1 heterocycles.